The van der Waals surface area contributed by atoms with Crippen LogP contribution >= 0.6 is 0 Å². The highest BCUT2D eigenvalue weighted by Crippen LogP contribution is 2.19. The van der Waals surface area contributed by atoms with Gasteiger partial charge in [0, 0.05) is 12.0 Å². The number of hydrogen-bond donors (Lipinski definition) is 2. The summed E-state index contributed by atoms with van der Waals surface area (Å²) in [5.41, 5.74) is 0.884. The van der Waals surface area contributed by atoms with Crippen molar-refractivity contribution in [3.8, 4) is 0 Å². The van der Waals surface area contributed by atoms with Gasteiger partial charge >= 0.3 is 5.97 Å². The first-order chi connectivity index (χ1) is 7.80. The summed E-state index contributed by atoms with van der Waals surface area (Å²) in [6, 6.07) is 3.73. The van der Waals surface area contributed by atoms with Crippen LogP contribution in [0.25, 0.3) is 0 Å². The molecule has 2 N–H and O–H groups in total. The number of aliphatic carboxylic acids is 1. The minimum atomic E-state index is -0.822. The second-order valence-corrected chi connectivity index (χ2v) is 5.17. The number of carboxylic acids is 1. The Morgan fingerprint density at radius 1 is 1.41 bits per heavy atom. The summed E-state index contributed by atoms with van der Waals surface area (Å²) in [7, 11) is 0. The lowest BCUT2D eigenvalue weighted by atomic mass is 9.92. The van der Waals surface area contributed by atoms with Gasteiger partial charge < -0.3 is 10.4 Å². The van der Waals surface area contributed by atoms with Crippen LogP contribution in [0.5, 0.6) is 0 Å². The van der Waals surface area contributed by atoms with E-state index in [0.29, 0.717) is 12.4 Å². The van der Waals surface area contributed by atoms with Gasteiger partial charge in [0.1, 0.15) is 5.82 Å². The fourth-order valence-corrected chi connectivity index (χ4v) is 1.17. The highest BCUT2D eigenvalue weighted by molar-refractivity contribution is 5.70. The molecule has 0 saturated heterocycles. The van der Waals surface area contributed by atoms with Crippen molar-refractivity contribution < 1.29 is 9.90 Å². The average Bonchev–Trinajstić information content (AvgIpc) is 2.25. The monoisotopic (exact) mass is 237 g/mol. The second kappa shape index (κ2) is 5.12. The minimum absolute atomic E-state index is 0.0279. The van der Waals surface area contributed by atoms with Crippen molar-refractivity contribution in [1.82, 2.24) is 10.2 Å². The van der Waals surface area contributed by atoms with Crippen molar-refractivity contribution in [2.24, 2.45) is 5.92 Å². The largest absolute Gasteiger partial charge is 0.481 e. The highest BCUT2D eigenvalue weighted by Gasteiger charge is 2.16. The Kier molecular flexibility index (Phi) is 4.04. The second-order valence-electron chi connectivity index (χ2n) is 5.17. The van der Waals surface area contributed by atoms with E-state index >= 15 is 0 Å². The lowest BCUT2D eigenvalue weighted by molar-refractivity contribution is -0.140. The van der Waals surface area contributed by atoms with E-state index in [0.717, 1.165) is 5.69 Å². The van der Waals surface area contributed by atoms with E-state index < -0.39 is 11.9 Å². The smallest absolute Gasteiger partial charge is 0.308 e. The van der Waals surface area contributed by atoms with Crippen molar-refractivity contribution in [2.45, 2.75) is 33.1 Å². The number of carboxylic acid groups (broad SMARTS) is 1. The van der Waals surface area contributed by atoms with Crippen LogP contribution in [-0.2, 0) is 10.2 Å². The maximum atomic E-state index is 10.6. The summed E-state index contributed by atoms with van der Waals surface area (Å²) in [5.74, 6) is -0.665. The predicted molar refractivity (Wildman–Crippen MR) is 66.0 cm³/mol. The van der Waals surface area contributed by atoms with E-state index in [4.69, 9.17) is 5.11 Å². The number of rotatable bonds is 4. The van der Waals surface area contributed by atoms with Crippen LogP contribution in [0.1, 0.15) is 33.4 Å². The fourth-order valence-electron chi connectivity index (χ4n) is 1.17. The van der Waals surface area contributed by atoms with Gasteiger partial charge in [-0.25, -0.2) is 0 Å². The van der Waals surface area contributed by atoms with Gasteiger partial charge in [0.2, 0.25) is 0 Å². The van der Waals surface area contributed by atoms with Crippen LogP contribution in [0.2, 0.25) is 0 Å². The van der Waals surface area contributed by atoms with E-state index in [2.05, 4.69) is 36.3 Å². The molecule has 1 rings (SSSR count). The normalized spacial score (nSPS) is 13.2. The van der Waals surface area contributed by atoms with Crippen LogP contribution in [0.4, 0.5) is 5.82 Å². The summed E-state index contributed by atoms with van der Waals surface area (Å²) in [4.78, 5) is 10.6. The maximum absolute atomic E-state index is 10.6. The zero-order chi connectivity index (χ0) is 13.1. The van der Waals surface area contributed by atoms with Crippen molar-refractivity contribution in [1.29, 1.82) is 0 Å². The first kappa shape index (κ1) is 13.4. The molecule has 0 radical (unpaired) electrons. The van der Waals surface area contributed by atoms with E-state index in [1.807, 2.05) is 12.1 Å². The molecular formula is C12H19N3O2. The first-order valence-electron chi connectivity index (χ1n) is 5.61. The molecule has 5 nitrogen and oxygen atoms in total. The molecule has 0 bridgehead atoms. The number of nitrogens with zero attached hydrogens (tertiary/aromatic N) is 2. The third-order valence-corrected chi connectivity index (χ3v) is 2.44. The number of nitrogens with one attached hydrogen (secondary N) is 1. The van der Waals surface area contributed by atoms with Crippen molar-refractivity contribution in [2.75, 3.05) is 11.9 Å². The Bertz CT molecular complexity index is 382. The zero-order valence-corrected chi connectivity index (χ0v) is 10.7. The quantitative estimate of drug-likeness (QED) is 0.836. The Morgan fingerprint density at radius 3 is 2.47 bits per heavy atom. The standard InChI is InChI=1S/C12H19N3O2/c1-8(11(16)17)7-13-10-6-5-9(14-15-10)12(2,3)4/h5-6,8H,7H2,1-4H3,(H,13,15)(H,16,17). The molecule has 0 aliphatic rings. The third-order valence-electron chi connectivity index (χ3n) is 2.44. The molecule has 1 unspecified atom stereocenters. The molecule has 0 saturated carbocycles. The molecule has 0 aromatic carbocycles. The third kappa shape index (κ3) is 4.01. The number of carbonyl (C=O) groups is 1. The van der Waals surface area contributed by atoms with Gasteiger partial charge in [-0.1, -0.05) is 27.7 Å². The van der Waals surface area contributed by atoms with Crippen molar-refractivity contribution in [3.63, 3.8) is 0 Å². The molecule has 17 heavy (non-hydrogen) atoms. The van der Waals surface area contributed by atoms with Crippen LogP contribution in [0, 0.1) is 5.92 Å². The van der Waals surface area contributed by atoms with Gasteiger partial charge in [0.15, 0.2) is 0 Å². The molecule has 1 atom stereocenters. The van der Waals surface area contributed by atoms with Crippen molar-refractivity contribution in [3.05, 3.63) is 17.8 Å². The molecule has 5 heteroatoms. The van der Waals surface area contributed by atoms with E-state index in [-0.39, 0.29) is 5.41 Å². The Hall–Kier alpha value is -1.65. The van der Waals surface area contributed by atoms with Crippen LogP contribution in [-0.4, -0.2) is 27.8 Å². The summed E-state index contributed by atoms with van der Waals surface area (Å²) < 4.78 is 0. The minimum Gasteiger partial charge on any atom is -0.481 e. The van der Waals surface area contributed by atoms with E-state index in [9.17, 15) is 4.79 Å². The first-order valence-corrected chi connectivity index (χ1v) is 5.61. The van der Waals surface area contributed by atoms with Gasteiger partial charge in [-0.2, -0.15) is 5.10 Å². The molecule has 0 aliphatic heterocycles. The molecular weight excluding hydrogens is 218 g/mol. The van der Waals surface area contributed by atoms with Gasteiger partial charge in [0.25, 0.3) is 0 Å². The van der Waals surface area contributed by atoms with E-state index in [1.165, 1.54) is 0 Å². The molecule has 0 spiro atoms. The van der Waals surface area contributed by atoms with Gasteiger partial charge in [-0.05, 0) is 12.1 Å². The fraction of sp³-hybridized carbons (Fsp3) is 0.583. The number of aromatic nitrogens is 2. The molecule has 0 aliphatic carbocycles. The molecule has 0 amide bonds. The summed E-state index contributed by atoms with van der Waals surface area (Å²) in [6.45, 7) is 8.19. The lowest BCUT2D eigenvalue weighted by Gasteiger charge is -2.17. The van der Waals surface area contributed by atoms with Gasteiger partial charge in [-0.15, -0.1) is 5.10 Å². The molecule has 1 heterocycles. The Morgan fingerprint density at radius 2 is 2.06 bits per heavy atom. The summed E-state index contributed by atoms with van der Waals surface area (Å²) in [5, 5.41) is 19.8. The Labute approximate surface area is 101 Å². The zero-order valence-electron chi connectivity index (χ0n) is 10.7. The van der Waals surface area contributed by atoms with Crippen LogP contribution < -0.4 is 5.32 Å². The lowest BCUT2D eigenvalue weighted by Crippen LogP contribution is -2.20. The molecule has 1 aromatic rings. The Balaban J connectivity index is 2.60. The molecule has 94 valence electrons. The van der Waals surface area contributed by atoms with Crippen molar-refractivity contribution >= 4 is 11.8 Å². The van der Waals surface area contributed by atoms with E-state index in [1.54, 1.807) is 6.92 Å². The molecule has 0 fully saturated rings. The SMILES string of the molecule is CC(CNc1ccc(C(C)(C)C)nn1)C(=O)O. The maximum Gasteiger partial charge on any atom is 0.308 e. The summed E-state index contributed by atoms with van der Waals surface area (Å²) in [6.07, 6.45) is 0. The van der Waals surface area contributed by atoms with Crippen LogP contribution in [0.3, 0.4) is 0 Å². The highest BCUT2D eigenvalue weighted by atomic mass is 16.4. The predicted octanol–water partition coefficient (Wildman–Crippen LogP) is 1.91. The topological polar surface area (TPSA) is 75.1 Å². The number of anilines is 1. The number of hydrogen-bond acceptors (Lipinski definition) is 4. The summed E-state index contributed by atoms with van der Waals surface area (Å²) >= 11 is 0. The van der Waals surface area contributed by atoms with Crippen LogP contribution in [0.15, 0.2) is 12.1 Å². The van der Waals surface area contributed by atoms with Gasteiger partial charge in [-0.3, -0.25) is 4.79 Å². The average molecular weight is 237 g/mol. The molecule has 1 aromatic heterocycles. The van der Waals surface area contributed by atoms with Gasteiger partial charge in [0.05, 0.1) is 11.6 Å².